The quantitative estimate of drug-likeness (QED) is 0.768. The maximum absolute atomic E-state index is 6.11. The van der Waals surface area contributed by atoms with E-state index in [4.69, 9.17) is 10.5 Å². The molecule has 1 unspecified atom stereocenters. The first-order valence-corrected chi connectivity index (χ1v) is 5.34. The summed E-state index contributed by atoms with van der Waals surface area (Å²) in [5.41, 5.74) is 8.13. The van der Waals surface area contributed by atoms with Gasteiger partial charge in [0.25, 0.3) is 0 Å². The van der Waals surface area contributed by atoms with Gasteiger partial charge in [-0.15, -0.1) is 0 Å². The molecule has 0 fully saturated rings. The van der Waals surface area contributed by atoms with E-state index in [0.717, 1.165) is 30.5 Å². The molecule has 2 N–H and O–H groups in total. The minimum Gasteiger partial charge on any atom is -0.385 e. The van der Waals surface area contributed by atoms with Gasteiger partial charge < -0.3 is 10.5 Å². The zero-order valence-corrected chi connectivity index (χ0v) is 9.34. The lowest BCUT2D eigenvalue weighted by Crippen LogP contribution is -2.10. The molecule has 0 aliphatic carbocycles. The number of nitrogens with two attached hydrogens (primary N) is 1. The van der Waals surface area contributed by atoms with E-state index in [0.29, 0.717) is 0 Å². The van der Waals surface area contributed by atoms with Gasteiger partial charge in [0.15, 0.2) is 0 Å². The Labute approximate surface area is 94.2 Å². The Morgan fingerprint density at radius 3 is 3.19 bits per heavy atom. The van der Waals surface area contributed by atoms with E-state index in [9.17, 15) is 0 Å². The van der Waals surface area contributed by atoms with Crippen LogP contribution < -0.4 is 5.73 Å². The van der Waals surface area contributed by atoms with Crippen molar-refractivity contribution in [2.75, 3.05) is 13.7 Å². The zero-order chi connectivity index (χ0) is 11.4. The van der Waals surface area contributed by atoms with Crippen molar-refractivity contribution in [3.8, 4) is 0 Å². The van der Waals surface area contributed by atoms with Crippen molar-refractivity contribution >= 4 is 5.52 Å². The smallest absolute Gasteiger partial charge is 0.0892 e. The molecule has 0 aromatic carbocycles. The standard InChI is InChI=1S/C11H16N4O/c1-16-6-2-3-10(12)9-7-14-15-5-4-13-8-11(9)15/h4-5,7-8,10H,2-3,6,12H2,1H3. The van der Waals surface area contributed by atoms with Crippen molar-refractivity contribution in [2.45, 2.75) is 18.9 Å². The van der Waals surface area contributed by atoms with E-state index < -0.39 is 0 Å². The predicted octanol–water partition coefficient (Wildman–Crippen LogP) is 1.16. The molecule has 5 nitrogen and oxygen atoms in total. The van der Waals surface area contributed by atoms with Crippen LogP contribution in [0.3, 0.4) is 0 Å². The average molecular weight is 220 g/mol. The summed E-state index contributed by atoms with van der Waals surface area (Å²) in [6.45, 7) is 0.741. The van der Waals surface area contributed by atoms with Gasteiger partial charge >= 0.3 is 0 Å². The van der Waals surface area contributed by atoms with Crippen molar-refractivity contribution in [3.05, 3.63) is 30.4 Å². The Kier molecular flexibility index (Phi) is 3.48. The molecule has 0 saturated heterocycles. The topological polar surface area (TPSA) is 65.4 Å². The van der Waals surface area contributed by atoms with E-state index in [1.54, 1.807) is 24.0 Å². The van der Waals surface area contributed by atoms with Crippen LogP contribution >= 0.6 is 0 Å². The number of fused-ring (bicyclic) bond motifs is 1. The van der Waals surface area contributed by atoms with Crippen LogP contribution in [0.15, 0.2) is 24.8 Å². The predicted molar refractivity (Wildman–Crippen MR) is 61.0 cm³/mol. The Morgan fingerprint density at radius 1 is 1.50 bits per heavy atom. The summed E-state index contributed by atoms with van der Waals surface area (Å²) < 4.78 is 6.80. The van der Waals surface area contributed by atoms with Crippen molar-refractivity contribution in [1.82, 2.24) is 14.6 Å². The van der Waals surface area contributed by atoms with Gasteiger partial charge in [0.2, 0.25) is 0 Å². The minimum absolute atomic E-state index is 0.00292. The van der Waals surface area contributed by atoms with E-state index in [1.165, 1.54) is 0 Å². The van der Waals surface area contributed by atoms with Gasteiger partial charge in [0.1, 0.15) is 0 Å². The van der Waals surface area contributed by atoms with Gasteiger partial charge in [0.05, 0.1) is 17.9 Å². The number of aromatic nitrogens is 3. The molecule has 16 heavy (non-hydrogen) atoms. The van der Waals surface area contributed by atoms with E-state index >= 15 is 0 Å². The third kappa shape index (κ3) is 2.20. The summed E-state index contributed by atoms with van der Waals surface area (Å²) in [6, 6.07) is -0.00292. The fourth-order valence-corrected chi connectivity index (χ4v) is 1.74. The summed E-state index contributed by atoms with van der Waals surface area (Å²) in [7, 11) is 1.70. The largest absolute Gasteiger partial charge is 0.385 e. The van der Waals surface area contributed by atoms with E-state index in [1.807, 2.05) is 12.4 Å². The monoisotopic (exact) mass is 220 g/mol. The molecule has 0 saturated carbocycles. The van der Waals surface area contributed by atoms with Crippen LogP contribution in [-0.4, -0.2) is 28.3 Å². The lowest BCUT2D eigenvalue weighted by molar-refractivity contribution is 0.190. The van der Waals surface area contributed by atoms with Crippen molar-refractivity contribution < 1.29 is 4.74 Å². The van der Waals surface area contributed by atoms with Crippen LogP contribution in [-0.2, 0) is 4.74 Å². The van der Waals surface area contributed by atoms with Gasteiger partial charge in [-0.3, -0.25) is 4.98 Å². The maximum atomic E-state index is 6.11. The van der Waals surface area contributed by atoms with Crippen LogP contribution in [0.4, 0.5) is 0 Å². The van der Waals surface area contributed by atoms with Crippen LogP contribution in [0.25, 0.3) is 5.52 Å². The Bertz CT molecular complexity index is 454. The highest BCUT2D eigenvalue weighted by atomic mass is 16.5. The van der Waals surface area contributed by atoms with Crippen LogP contribution in [0.1, 0.15) is 24.4 Å². The van der Waals surface area contributed by atoms with Crippen molar-refractivity contribution in [2.24, 2.45) is 5.73 Å². The van der Waals surface area contributed by atoms with Crippen LogP contribution in [0, 0.1) is 0 Å². The highest BCUT2D eigenvalue weighted by Gasteiger charge is 2.11. The van der Waals surface area contributed by atoms with Crippen molar-refractivity contribution in [1.29, 1.82) is 0 Å². The lowest BCUT2D eigenvalue weighted by Gasteiger charge is -2.09. The average Bonchev–Trinajstić information content (AvgIpc) is 2.73. The molecule has 2 rings (SSSR count). The van der Waals surface area contributed by atoms with Gasteiger partial charge in [-0.25, -0.2) is 4.52 Å². The first-order valence-electron chi connectivity index (χ1n) is 5.34. The van der Waals surface area contributed by atoms with Gasteiger partial charge in [-0.1, -0.05) is 0 Å². The molecular weight excluding hydrogens is 204 g/mol. The number of nitrogens with zero attached hydrogens (tertiary/aromatic N) is 3. The molecule has 2 heterocycles. The molecule has 2 aromatic heterocycles. The molecule has 1 atom stereocenters. The van der Waals surface area contributed by atoms with Crippen LogP contribution in [0.5, 0.6) is 0 Å². The Morgan fingerprint density at radius 2 is 2.38 bits per heavy atom. The SMILES string of the molecule is COCCCC(N)c1cnn2ccncc12. The van der Waals surface area contributed by atoms with Gasteiger partial charge in [0, 0.05) is 37.7 Å². The Balaban J connectivity index is 2.13. The number of rotatable bonds is 5. The summed E-state index contributed by atoms with van der Waals surface area (Å²) in [5, 5.41) is 4.23. The first kappa shape index (κ1) is 11.0. The number of hydrogen-bond donors (Lipinski definition) is 1. The van der Waals surface area contributed by atoms with Crippen molar-refractivity contribution in [3.63, 3.8) is 0 Å². The molecule has 0 spiro atoms. The molecule has 0 aliphatic heterocycles. The zero-order valence-electron chi connectivity index (χ0n) is 9.34. The number of methoxy groups -OCH3 is 1. The molecule has 0 bridgehead atoms. The molecule has 86 valence electrons. The molecular formula is C11H16N4O. The third-order valence-electron chi connectivity index (χ3n) is 2.62. The molecule has 0 radical (unpaired) electrons. The molecule has 0 amide bonds. The third-order valence-corrected chi connectivity index (χ3v) is 2.62. The fourth-order valence-electron chi connectivity index (χ4n) is 1.74. The second-order valence-corrected chi connectivity index (χ2v) is 3.75. The Hall–Kier alpha value is -1.46. The number of hydrogen-bond acceptors (Lipinski definition) is 4. The highest BCUT2D eigenvalue weighted by Crippen LogP contribution is 2.19. The van der Waals surface area contributed by atoms with E-state index in [-0.39, 0.29) is 6.04 Å². The fraction of sp³-hybridized carbons (Fsp3) is 0.455. The second kappa shape index (κ2) is 5.05. The van der Waals surface area contributed by atoms with Crippen LogP contribution in [0.2, 0.25) is 0 Å². The first-order chi connectivity index (χ1) is 7.83. The highest BCUT2D eigenvalue weighted by molar-refractivity contribution is 5.52. The minimum atomic E-state index is -0.00292. The summed E-state index contributed by atoms with van der Waals surface area (Å²) in [5.74, 6) is 0. The summed E-state index contributed by atoms with van der Waals surface area (Å²) >= 11 is 0. The maximum Gasteiger partial charge on any atom is 0.0892 e. The molecule has 2 aromatic rings. The van der Waals surface area contributed by atoms with E-state index in [2.05, 4.69) is 10.1 Å². The second-order valence-electron chi connectivity index (χ2n) is 3.75. The normalized spacial score (nSPS) is 13.1. The molecule has 0 aliphatic rings. The van der Waals surface area contributed by atoms with Gasteiger partial charge in [-0.05, 0) is 12.8 Å². The summed E-state index contributed by atoms with van der Waals surface area (Å²) in [6.07, 6.45) is 8.98. The number of ether oxygens (including phenoxy) is 1. The summed E-state index contributed by atoms with van der Waals surface area (Å²) in [4.78, 5) is 4.08. The lowest BCUT2D eigenvalue weighted by atomic mass is 10.1. The molecule has 5 heteroatoms. The van der Waals surface area contributed by atoms with Gasteiger partial charge in [-0.2, -0.15) is 5.10 Å².